The minimum absolute atomic E-state index is 0.0113. The number of rotatable bonds is 5. The summed E-state index contributed by atoms with van der Waals surface area (Å²) in [4.78, 5) is 0. The lowest BCUT2D eigenvalue weighted by molar-refractivity contribution is 0.258. The molecule has 2 aliphatic carbocycles. The summed E-state index contributed by atoms with van der Waals surface area (Å²) < 4.78 is 42.4. The summed E-state index contributed by atoms with van der Waals surface area (Å²) in [7, 11) is 0. The van der Waals surface area contributed by atoms with Gasteiger partial charge < -0.3 is 0 Å². The molecular weight excluding hydrogens is 369 g/mol. The lowest BCUT2D eigenvalue weighted by Gasteiger charge is -2.28. The number of aryl methyl sites for hydroxylation is 1. The summed E-state index contributed by atoms with van der Waals surface area (Å²) >= 11 is 0. The van der Waals surface area contributed by atoms with Crippen molar-refractivity contribution in [3.8, 4) is 11.1 Å². The van der Waals surface area contributed by atoms with Crippen molar-refractivity contribution in [3.05, 3.63) is 64.5 Å². The van der Waals surface area contributed by atoms with Gasteiger partial charge in [-0.1, -0.05) is 62.8 Å². The van der Waals surface area contributed by atoms with Crippen molar-refractivity contribution in [1.29, 1.82) is 0 Å². The van der Waals surface area contributed by atoms with E-state index in [4.69, 9.17) is 0 Å². The molecule has 1 saturated carbocycles. The molecule has 0 aliphatic heterocycles. The molecule has 0 N–H and O–H groups in total. The molecule has 0 nitrogen and oxygen atoms in total. The van der Waals surface area contributed by atoms with E-state index < -0.39 is 17.5 Å². The molecule has 154 valence electrons. The van der Waals surface area contributed by atoms with Gasteiger partial charge in [0.15, 0.2) is 11.6 Å². The van der Waals surface area contributed by atoms with Crippen LogP contribution in [0, 0.1) is 29.3 Å². The normalized spacial score (nSPS) is 21.6. The third-order valence-corrected chi connectivity index (χ3v) is 6.96. The average molecular weight is 399 g/mol. The van der Waals surface area contributed by atoms with Gasteiger partial charge in [-0.2, -0.15) is 0 Å². The van der Waals surface area contributed by atoms with Gasteiger partial charge in [0.05, 0.1) is 0 Å². The van der Waals surface area contributed by atoms with Crippen molar-refractivity contribution in [3.63, 3.8) is 0 Å². The molecule has 0 atom stereocenters. The van der Waals surface area contributed by atoms with Crippen LogP contribution in [0.1, 0.15) is 69.4 Å². The van der Waals surface area contributed by atoms with Crippen LogP contribution < -0.4 is 0 Å². The number of halogens is 3. The summed E-state index contributed by atoms with van der Waals surface area (Å²) in [5.41, 5.74) is 3.42. The van der Waals surface area contributed by atoms with Gasteiger partial charge in [0.2, 0.25) is 0 Å². The summed E-state index contributed by atoms with van der Waals surface area (Å²) in [6.07, 6.45) is 13.0. The Labute approximate surface area is 171 Å². The topological polar surface area (TPSA) is 0 Å². The molecule has 0 spiro atoms. The minimum atomic E-state index is -0.990. The second-order valence-electron chi connectivity index (χ2n) is 8.77. The summed E-state index contributed by atoms with van der Waals surface area (Å²) in [6.45, 7) is 2.29. The van der Waals surface area contributed by atoms with Gasteiger partial charge in [-0.15, -0.1) is 0 Å². The molecule has 2 aliphatic rings. The molecule has 0 unspecified atom stereocenters. The van der Waals surface area contributed by atoms with Gasteiger partial charge in [-0.25, -0.2) is 13.2 Å². The SMILES string of the molecule is CCC1CCC(CCC2=Cc3cc(F)c(-c4cccc(F)c4F)cc3CC2)CC1. The molecule has 1 fully saturated rings. The van der Waals surface area contributed by atoms with Crippen LogP contribution in [0.2, 0.25) is 0 Å². The summed E-state index contributed by atoms with van der Waals surface area (Å²) in [6, 6.07) is 7.08. The zero-order valence-electron chi connectivity index (χ0n) is 17.1. The Hall–Kier alpha value is -2.03. The number of allylic oxidation sites excluding steroid dienone is 1. The Balaban J connectivity index is 1.48. The van der Waals surface area contributed by atoms with Gasteiger partial charge >= 0.3 is 0 Å². The lowest BCUT2D eigenvalue weighted by atomic mass is 9.78. The number of fused-ring (bicyclic) bond motifs is 1. The standard InChI is InChI=1S/C26H29F3/c1-2-17-6-8-18(9-7-17)10-11-19-12-13-20-15-23(25(28)16-21(20)14-19)22-4-3-5-24(27)26(22)29/h3-5,14-18H,2,6-13H2,1H3. The van der Waals surface area contributed by atoms with E-state index in [2.05, 4.69) is 13.0 Å². The molecule has 0 saturated heterocycles. The van der Waals surface area contributed by atoms with E-state index in [1.807, 2.05) is 0 Å². The number of hydrogen-bond acceptors (Lipinski definition) is 0. The van der Waals surface area contributed by atoms with E-state index >= 15 is 0 Å². The third-order valence-electron chi connectivity index (χ3n) is 6.96. The van der Waals surface area contributed by atoms with E-state index in [1.165, 1.54) is 62.3 Å². The zero-order chi connectivity index (χ0) is 20.4. The monoisotopic (exact) mass is 398 g/mol. The van der Waals surface area contributed by atoms with Crippen LogP contribution in [0.5, 0.6) is 0 Å². The van der Waals surface area contributed by atoms with Gasteiger partial charge in [-0.3, -0.25) is 0 Å². The molecule has 0 aromatic heterocycles. The predicted molar refractivity (Wildman–Crippen MR) is 113 cm³/mol. The highest BCUT2D eigenvalue weighted by Crippen LogP contribution is 2.37. The molecule has 0 heterocycles. The quantitative estimate of drug-likeness (QED) is 0.477. The van der Waals surface area contributed by atoms with Gasteiger partial charge in [0, 0.05) is 11.1 Å². The third kappa shape index (κ3) is 4.44. The number of hydrogen-bond donors (Lipinski definition) is 0. The fourth-order valence-corrected chi connectivity index (χ4v) is 5.00. The molecule has 0 amide bonds. The van der Waals surface area contributed by atoms with Crippen molar-refractivity contribution < 1.29 is 13.2 Å². The largest absolute Gasteiger partial charge is 0.206 e. The van der Waals surface area contributed by atoms with E-state index in [-0.39, 0.29) is 11.1 Å². The maximum atomic E-state index is 14.7. The highest BCUT2D eigenvalue weighted by molar-refractivity contribution is 5.70. The van der Waals surface area contributed by atoms with Gasteiger partial charge in [0.1, 0.15) is 5.82 Å². The Morgan fingerprint density at radius 1 is 0.862 bits per heavy atom. The Kier molecular flexibility index (Phi) is 6.12. The lowest BCUT2D eigenvalue weighted by Crippen LogP contribution is -2.14. The van der Waals surface area contributed by atoms with Crippen LogP contribution >= 0.6 is 0 Å². The molecule has 4 rings (SSSR count). The number of benzene rings is 2. The fraction of sp³-hybridized carbons (Fsp3) is 0.462. The van der Waals surface area contributed by atoms with Crippen LogP contribution in [0.4, 0.5) is 13.2 Å². The van der Waals surface area contributed by atoms with Crippen molar-refractivity contribution in [2.75, 3.05) is 0 Å². The Morgan fingerprint density at radius 2 is 1.62 bits per heavy atom. The molecule has 0 radical (unpaired) electrons. The van der Waals surface area contributed by atoms with Crippen LogP contribution in [0.3, 0.4) is 0 Å². The zero-order valence-corrected chi connectivity index (χ0v) is 17.1. The fourth-order valence-electron chi connectivity index (χ4n) is 5.00. The van der Waals surface area contributed by atoms with Crippen molar-refractivity contribution >= 4 is 6.08 Å². The van der Waals surface area contributed by atoms with Crippen molar-refractivity contribution in [2.24, 2.45) is 11.8 Å². The summed E-state index contributed by atoms with van der Waals surface area (Å²) in [5.74, 6) is -0.683. The Bertz CT molecular complexity index is 904. The minimum Gasteiger partial charge on any atom is -0.206 e. The van der Waals surface area contributed by atoms with E-state index in [9.17, 15) is 13.2 Å². The average Bonchev–Trinajstić information content (AvgIpc) is 2.74. The second-order valence-corrected chi connectivity index (χ2v) is 8.77. The van der Waals surface area contributed by atoms with Crippen molar-refractivity contribution in [2.45, 2.75) is 64.7 Å². The van der Waals surface area contributed by atoms with Crippen LogP contribution in [0.15, 0.2) is 35.9 Å². The molecule has 2 aromatic rings. The first-order valence-electron chi connectivity index (χ1n) is 11.0. The summed E-state index contributed by atoms with van der Waals surface area (Å²) in [5, 5.41) is 0. The molecule has 29 heavy (non-hydrogen) atoms. The maximum absolute atomic E-state index is 14.7. The van der Waals surface area contributed by atoms with E-state index in [1.54, 1.807) is 6.07 Å². The van der Waals surface area contributed by atoms with Crippen LogP contribution in [-0.2, 0) is 6.42 Å². The first-order valence-corrected chi connectivity index (χ1v) is 11.0. The first kappa shape index (κ1) is 20.3. The van der Waals surface area contributed by atoms with Crippen LogP contribution in [-0.4, -0.2) is 0 Å². The van der Waals surface area contributed by atoms with E-state index in [0.29, 0.717) is 0 Å². The predicted octanol–water partition coefficient (Wildman–Crippen LogP) is 8.10. The Morgan fingerprint density at radius 3 is 2.38 bits per heavy atom. The van der Waals surface area contributed by atoms with Gasteiger partial charge in [-0.05, 0) is 66.8 Å². The molecule has 2 aromatic carbocycles. The highest BCUT2D eigenvalue weighted by Gasteiger charge is 2.22. The highest BCUT2D eigenvalue weighted by atomic mass is 19.2. The molecule has 3 heteroatoms. The first-order chi connectivity index (χ1) is 14.0. The molecule has 0 bridgehead atoms. The second kappa shape index (κ2) is 8.77. The maximum Gasteiger partial charge on any atom is 0.166 e. The molecular formula is C26H29F3. The smallest absolute Gasteiger partial charge is 0.166 e. The van der Waals surface area contributed by atoms with Crippen LogP contribution in [0.25, 0.3) is 17.2 Å². The van der Waals surface area contributed by atoms with Gasteiger partial charge in [0.25, 0.3) is 0 Å². The van der Waals surface area contributed by atoms with Crippen molar-refractivity contribution in [1.82, 2.24) is 0 Å². The van der Waals surface area contributed by atoms with E-state index in [0.717, 1.165) is 48.3 Å².